The summed E-state index contributed by atoms with van der Waals surface area (Å²) < 4.78 is 0. The molecule has 0 saturated heterocycles. The largest absolute Gasteiger partial charge is 0.480 e. The number of nitrogens with zero attached hydrogens (tertiary/aromatic N) is 6. The summed E-state index contributed by atoms with van der Waals surface area (Å²) in [5.41, 5.74) is 4.67. The van der Waals surface area contributed by atoms with Crippen molar-refractivity contribution < 1.29 is 33.9 Å². The van der Waals surface area contributed by atoms with Gasteiger partial charge >= 0.3 is 18.0 Å². The Hall–Kier alpha value is -4.91. The number of carboxylic acids is 1. The number of benzene rings is 2. The molecule has 4 fully saturated rings. The number of hydrogen-bond donors (Lipinski definition) is 1. The van der Waals surface area contributed by atoms with Crippen molar-refractivity contribution in [2.45, 2.75) is 116 Å². The molecule has 1 N–H and O–H groups in total. The molecule has 2 aromatic carbocycles. The fourth-order valence-corrected chi connectivity index (χ4v) is 10.1. The Labute approximate surface area is 357 Å². The van der Waals surface area contributed by atoms with E-state index >= 15 is 0 Å². The molecule has 13 nitrogen and oxygen atoms in total. The van der Waals surface area contributed by atoms with Crippen LogP contribution in [0, 0.1) is 23.7 Å². The summed E-state index contributed by atoms with van der Waals surface area (Å²) in [5, 5.41) is 20.2. The third-order valence-electron chi connectivity index (χ3n) is 13.1. The monoisotopic (exact) mass is 840 g/mol. The molecule has 4 amide bonds. The Bertz CT molecular complexity index is 1850. The van der Waals surface area contributed by atoms with Gasteiger partial charge in [0, 0.05) is 34.8 Å². The van der Waals surface area contributed by atoms with Gasteiger partial charge in [0.05, 0.1) is 35.9 Å². The zero-order valence-corrected chi connectivity index (χ0v) is 35.2. The Morgan fingerprint density at radius 3 is 1.28 bits per heavy atom. The quantitative estimate of drug-likeness (QED) is 0.209. The van der Waals surface area contributed by atoms with Crippen LogP contribution in [0.5, 0.6) is 0 Å². The average Bonchev–Trinajstić information content (AvgIpc) is 3.99. The third kappa shape index (κ3) is 10.2. The van der Waals surface area contributed by atoms with E-state index in [-0.39, 0.29) is 54.9 Å². The normalized spacial score (nSPS) is 20.7. The van der Waals surface area contributed by atoms with Crippen molar-refractivity contribution in [2.24, 2.45) is 33.9 Å². The third-order valence-corrected chi connectivity index (χ3v) is 13.2. The number of aliphatic carboxylic acids is 1. The van der Waals surface area contributed by atoms with Crippen molar-refractivity contribution in [2.75, 3.05) is 36.0 Å². The van der Waals surface area contributed by atoms with Crippen LogP contribution < -0.4 is 9.80 Å². The van der Waals surface area contributed by atoms with E-state index in [1.54, 1.807) is 0 Å². The number of urea groups is 2. The van der Waals surface area contributed by atoms with E-state index in [0.29, 0.717) is 11.4 Å². The van der Waals surface area contributed by atoms with Gasteiger partial charge < -0.3 is 5.11 Å². The Balaban J connectivity index is 0.000000181. The van der Waals surface area contributed by atoms with Crippen molar-refractivity contribution in [3.63, 3.8) is 0 Å². The van der Waals surface area contributed by atoms with Crippen LogP contribution in [0.25, 0.3) is 0 Å². The first-order chi connectivity index (χ1) is 29.1. The topological polar surface area (TPSA) is 160 Å². The number of rotatable bonds is 12. The van der Waals surface area contributed by atoms with E-state index in [1.165, 1.54) is 22.6 Å². The van der Waals surface area contributed by atoms with Gasteiger partial charge in [0.15, 0.2) is 11.6 Å². The maximum Gasteiger partial charge on any atom is 0.345 e. The minimum absolute atomic E-state index is 0.000949. The summed E-state index contributed by atoms with van der Waals surface area (Å²) in [4.78, 5) is 78.7. The van der Waals surface area contributed by atoms with Crippen LogP contribution in [0.1, 0.15) is 127 Å². The number of anilines is 2. The van der Waals surface area contributed by atoms with E-state index in [0.717, 1.165) is 135 Å². The highest BCUT2D eigenvalue weighted by Gasteiger charge is 2.38. The number of carbonyl (C=O) groups is 6. The lowest BCUT2D eigenvalue weighted by atomic mass is 9.83. The van der Waals surface area contributed by atoms with E-state index in [9.17, 15) is 33.9 Å². The lowest BCUT2D eigenvalue weighted by Gasteiger charge is -2.26. The molecule has 0 aromatic heterocycles. The summed E-state index contributed by atoms with van der Waals surface area (Å²) >= 11 is 5.64. The SMILES string of the molecule is O=C(Cl)CN1N=C(C2CCCCC2)c2ccccc2N(CC(=O)C2CCCC2)C1=O.O=C(O)CN1N=C(C2CCCCC2)c2ccccc2N(CC(=O)C2CCCC2)C1=O. The van der Waals surface area contributed by atoms with Crippen LogP contribution >= 0.6 is 11.6 Å². The Morgan fingerprint density at radius 1 is 0.533 bits per heavy atom. The van der Waals surface area contributed by atoms with Gasteiger partial charge in [0.2, 0.25) is 5.24 Å². The number of carbonyl (C=O) groups excluding carboxylic acids is 5. The first-order valence-corrected chi connectivity index (χ1v) is 22.5. The molecule has 0 spiro atoms. The molecule has 0 unspecified atom stereocenters. The van der Waals surface area contributed by atoms with Crippen LogP contribution in [0.2, 0.25) is 0 Å². The fourth-order valence-electron chi connectivity index (χ4n) is 9.97. The van der Waals surface area contributed by atoms with Gasteiger partial charge in [-0.3, -0.25) is 29.0 Å². The minimum Gasteiger partial charge on any atom is -0.480 e. The maximum atomic E-state index is 13.4. The molecule has 14 heteroatoms. The number of hydrogen-bond acceptors (Lipinski definition) is 8. The van der Waals surface area contributed by atoms with Crippen molar-refractivity contribution >= 4 is 69.2 Å². The zero-order valence-electron chi connectivity index (χ0n) is 34.4. The number of carboxylic acid groups (broad SMARTS) is 1. The van der Waals surface area contributed by atoms with Gasteiger partial charge in [0.25, 0.3) is 0 Å². The molecular formula is C46H57ClN6O7. The molecular weight excluding hydrogens is 784 g/mol. The predicted molar refractivity (Wildman–Crippen MR) is 230 cm³/mol. The van der Waals surface area contributed by atoms with Gasteiger partial charge in [-0.1, -0.05) is 101 Å². The van der Waals surface area contributed by atoms with Gasteiger partial charge in [0.1, 0.15) is 13.1 Å². The minimum atomic E-state index is -1.12. The molecule has 8 rings (SSSR count). The summed E-state index contributed by atoms with van der Waals surface area (Å²) in [6.07, 6.45) is 18.5. The highest BCUT2D eigenvalue weighted by Crippen LogP contribution is 2.37. The molecule has 2 aromatic rings. The van der Waals surface area contributed by atoms with Crippen LogP contribution in [0.15, 0.2) is 58.7 Å². The number of fused-ring (bicyclic) bond motifs is 2. The zero-order chi connectivity index (χ0) is 42.2. The maximum absolute atomic E-state index is 13.4. The van der Waals surface area contributed by atoms with Crippen LogP contribution in [-0.2, 0) is 19.2 Å². The molecule has 0 bridgehead atoms. The smallest absolute Gasteiger partial charge is 0.345 e. The number of halogens is 1. The standard InChI is InChI=1S/C23H28ClN3O3.C23H29N3O4/c24-21(29)15-27-23(30)26(14-20(28)16-8-4-5-9-16)19-13-7-6-12-18(19)22(25-27)17-10-2-1-3-11-17;27-20(16-8-4-5-9-16)14-25-19-13-7-6-12-18(19)22(17-10-2-1-3-11-17)24-26(23(25)30)15-21(28)29/h6-7,12-13,16-17H,1-5,8-11,14-15H2;6-7,12-13,16-17H,1-5,8-11,14-15H2,(H,28,29). The molecule has 60 heavy (non-hydrogen) atoms. The first kappa shape index (κ1) is 43.2. The molecule has 4 aliphatic carbocycles. The van der Waals surface area contributed by atoms with Crippen molar-refractivity contribution in [1.29, 1.82) is 0 Å². The summed E-state index contributed by atoms with van der Waals surface area (Å²) in [6, 6.07) is 14.2. The highest BCUT2D eigenvalue weighted by molar-refractivity contribution is 6.64. The number of hydrazone groups is 2. The Morgan fingerprint density at radius 2 is 0.900 bits per heavy atom. The molecule has 0 radical (unpaired) electrons. The van der Waals surface area contributed by atoms with E-state index < -0.39 is 29.8 Å². The molecule has 6 aliphatic rings. The van der Waals surface area contributed by atoms with Crippen molar-refractivity contribution in [1.82, 2.24) is 10.0 Å². The van der Waals surface area contributed by atoms with Gasteiger partial charge in [-0.15, -0.1) is 0 Å². The van der Waals surface area contributed by atoms with Gasteiger partial charge in [-0.2, -0.15) is 10.2 Å². The lowest BCUT2D eigenvalue weighted by molar-refractivity contribution is -0.137. The van der Waals surface area contributed by atoms with E-state index in [4.69, 9.17) is 11.6 Å². The first-order valence-electron chi connectivity index (χ1n) is 22.1. The molecule has 320 valence electrons. The Kier molecular flexibility index (Phi) is 14.5. The number of ketones is 2. The second-order valence-electron chi connectivity index (χ2n) is 17.2. The molecule has 2 aliphatic heterocycles. The second-order valence-corrected chi connectivity index (χ2v) is 17.6. The van der Waals surface area contributed by atoms with E-state index in [2.05, 4.69) is 10.2 Å². The van der Waals surface area contributed by atoms with Crippen LogP contribution in [0.4, 0.5) is 21.0 Å². The lowest BCUT2D eigenvalue weighted by Crippen LogP contribution is -2.45. The van der Waals surface area contributed by atoms with Crippen LogP contribution in [-0.4, -0.2) is 87.6 Å². The average molecular weight is 841 g/mol. The van der Waals surface area contributed by atoms with Gasteiger partial charge in [-0.25, -0.2) is 19.6 Å². The van der Waals surface area contributed by atoms with Crippen molar-refractivity contribution in [3.8, 4) is 0 Å². The van der Waals surface area contributed by atoms with Crippen LogP contribution in [0.3, 0.4) is 0 Å². The van der Waals surface area contributed by atoms with Gasteiger partial charge in [-0.05, 0) is 75.1 Å². The van der Waals surface area contributed by atoms with E-state index in [1.807, 2.05) is 48.5 Å². The highest BCUT2D eigenvalue weighted by atomic mass is 35.5. The number of amides is 4. The summed E-state index contributed by atoms with van der Waals surface area (Å²) in [7, 11) is 0. The number of para-hydroxylation sites is 2. The molecule has 2 heterocycles. The predicted octanol–water partition coefficient (Wildman–Crippen LogP) is 8.79. The summed E-state index contributed by atoms with van der Waals surface area (Å²) in [5.74, 6) is -0.584. The van der Waals surface area contributed by atoms with Crippen molar-refractivity contribution in [3.05, 3.63) is 59.7 Å². The molecule has 0 atom stereocenters. The summed E-state index contributed by atoms with van der Waals surface area (Å²) in [6.45, 7) is -0.860. The fraction of sp³-hybridized carbons (Fsp3) is 0.565. The molecule has 4 saturated carbocycles. The number of Topliss-reactive ketones (excluding diaryl/α,β-unsaturated/α-hetero) is 2. The second kappa shape index (κ2) is 20.1.